The third-order valence-corrected chi connectivity index (χ3v) is 5.61. The predicted octanol–water partition coefficient (Wildman–Crippen LogP) is 4.92. The van der Waals surface area contributed by atoms with Crippen molar-refractivity contribution in [3.63, 3.8) is 0 Å². The molecule has 0 amide bonds. The third-order valence-electron chi connectivity index (χ3n) is 4.49. The second-order valence-electron chi connectivity index (χ2n) is 6.30. The summed E-state index contributed by atoms with van der Waals surface area (Å²) in [5, 5.41) is 0. The molecule has 3 aromatic carbocycles. The van der Waals surface area contributed by atoms with Crippen molar-refractivity contribution in [1.82, 2.24) is 14.7 Å². The van der Waals surface area contributed by atoms with Crippen molar-refractivity contribution in [3.05, 3.63) is 83.7 Å². The molecule has 0 aliphatic carbocycles. The zero-order valence-corrected chi connectivity index (χ0v) is 16.3. The topological polar surface area (TPSA) is 57.8 Å². The van der Waals surface area contributed by atoms with E-state index in [2.05, 4.69) is 14.7 Å². The quantitative estimate of drug-likeness (QED) is 0.492. The maximum atomic E-state index is 13.8. The first-order valence-electron chi connectivity index (χ1n) is 8.87. The Bertz CT molecular complexity index is 1250. The number of hydrogen-bond donors (Lipinski definition) is 2. The van der Waals surface area contributed by atoms with Gasteiger partial charge in [-0.2, -0.15) is 0 Å². The highest BCUT2D eigenvalue weighted by Gasteiger charge is 2.11. The van der Waals surface area contributed by atoms with E-state index in [1.807, 2.05) is 42.5 Å². The fourth-order valence-corrected chi connectivity index (χ4v) is 3.88. The molecular weight excluding hydrogens is 392 g/mol. The standard InChI is InChI=1S/C22H17F2N3OS/c1-25-29(28)20-8-3-2-6-16(20)15-9-11-18-19(13-15)27-21(26-18)12-10-14-5-4-7-17(23)22(14)24/h2-13,25H,1H3,(H,26,27)/b12-10+. The maximum Gasteiger partial charge on any atom is 0.166 e. The number of halogens is 2. The minimum Gasteiger partial charge on any atom is -0.338 e. The van der Waals surface area contributed by atoms with Crippen molar-refractivity contribution < 1.29 is 13.0 Å². The van der Waals surface area contributed by atoms with Crippen LogP contribution in [0.15, 0.2) is 65.6 Å². The fourth-order valence-electron chi connectivity index (χ4n) is 3.07. The van der Waals surface area contributed by atoms with Gasteiger partial charge in [0.2, 0.25) is 0 Å². The Morgan fingerprint density at radius 3 is 2.69 bits per heavy atom. The minimum atomic E-state index is -1.31. The summed E-state index contributed by atoms with van der Waals surface area (Å²) in [6, 6.07) is 17.2. The highest BCUT2D eigenvalue weighted by Crippen LogP contribution is 2.28. The Morgan fingerprint density at radius 2 is 1.86 bits per heavy atom. The molecule has 0 radical (unpaired) electrons. The molecule has 1 heterocycles. The van der Waals surface area contributed by atoms with Gasteiger partial charge in [0.05, 0.1) is 15.9 Å². The molecular formula is C22H17F2N3OS. The number of fused-ring (bicyclic) bond motifs is 1. The third kappa shape index (κ3) is 3.87. The molecule has 4 rings (SSSR count). The summed E-state index contributed by atoms with van der Waals surface area (Å²) >= 11 is 0. The smallest absolute Gasteiger partial charge is 0.166 e. The van der Waals surface area contributed by atoms with Crippen molar-refractivity contribution in [2.24, 2.45) is 0 Å². The lowest BCUT2D eigenvalue weighted by Crippen LogP contribution is -2.11. The highest BCUT2D eigenvalue weighted by atomic mass is 32.2. The van der Waals surface area contributed by atoms with Crippen LogP contribution in [0.5, 0.6) is 0 Å². The summed E-state index contributed by atoms with van der Waals surface area (Å²) in [6.45, 7) is 0. The van der Waals surface area contributed by atoms with E-state index >= 15 is 0 Å². The van der Waals surface area contributed by atoms with Gasteiger partial charge < -0.3 is 4.98 Å². The van der Waals surface area contributed by atoms with E-state index in [0.717, 1.165) is 28.2 Å². The van der Waals surface area contributed by atoms with E-state index in [1.165, 1.54) is 18.2 Å². The average Bonchev–Trinajstić information content (AvgIpc) is 3.16. The largest absolute Gasteiger partial charge is 0.338 e. The van der Waals surface area contributed by atoms with Crippen molar-refractivity contribution in [1.29, 1.82) is 0 Å². The van der Waals surface area contributed by atoms with Crippen LogP contribution in [0.2, 0.25) is 0 Å². The van der Waals surface area contributed by atoms with Gasteiger partial charge in [0.25, 0.3) is 0 Å². The Morgan fingerprint density at radius 1 is 1.03 bits per heavy atom. The molecule has 1 aromatic heterocycles. The fraction of sp³-hybridized carbons (Fsp3) is 0.0455. The summed E-state index contributed by atoms with van der Waals surface area (Å²) in [7, 11) is 0.331. The number of hydrogen-bond acceptors (Lipinski definition) is 2. The summed E-state index contributed by atoms with van der Waals surface area (Å²) < 4.78 is 42.1. The number of aromatic amines is 1. The molecule has 2 N–H and O–H groups in total. The molecule has 0 aliphatic heterocycles. The molecule has 146 valence electrons. The van der Waals surface area contributed by atoms with Gasteiger partial charge in [-0.1, -0.05) is 36.4 Å². The molecule has 0 saturated heterocycles. The van der Waals surface area contributed by atoms with Gasteiger partial charge in [-0.25, -0.2) is 22.7 Å². The number of aromatic nitrogens is 2. The number of benzene rings is 3. The van der Waals surface area contributed by atoms with E-state index < -0.39 is 22.6 Å². The van der Waals surface area contributed by atoms with Crippen LogP contribution in [0, 0.1) is 11.6 Å². The normalized spacial score (nSPS) is 12.7. The van der Waals surface area contributed by atoms with E-state index in [1.54, 1.807) is 13.1 Å². The van der Waals surface area contributed by atoms with E-state index in [4.69, 9.17) is 0 Å². The van der Waals surface area contributed by atoms with Gasteiger partial charge in [0.1, 0.15) is 16.8 Å². The summed E-state index contributed by atoms with van der Waals surface area (Å²) in [5.41, 5.74) is 3.42. The lowest BCUT2D eigenvalue weighted by Gasteiger charge is -2.08. The van der Waals surface area contributed by atoms with Crippen LogP contribution < -0.4 is 4.72 Å². The highest BCUT2D eigenvalue weighted by molar-refractivity contribution is 7.83. The maximum absolute atomic E-state index is 13.8. The molecule has 4 aromatic rings. The molecule has 4 nitrogen and oxygen atoms in total. The molecule has 0 bridgehead atoms. The molecule has 0 fully saturated rings. The zero-order valence-electron chi connectivity index (χ0n) is 15.4. The van der Waals surface area contributed by atoms with Gasteiger partial charge >= 0.3 is 0 Å². The lowest BCUT2D eigenvalue weighted by molar-refractivity contribution is 0.507. The first kappa shape index (κ1) is 19.2. The van der Waals surface area contributed by atoms with Crippen molar-refractivity contribution in [2.45, 2.75) is 4.90 Å². The Labute approximate surface area is 168 Å². The summed E-state index contributed by atoms with van der Waals surface area (Å²) in [6.07, 6.45) is 3.07. The molecule has 1 atom stereocenters. The molecule has 0 saturated carbocycles. The van der Waals surface area contributed by atoms with Crippen LogP contribution in [0.25, 0.3) is 34.3 Å². The Hall–Kier alpha value is -3.16. The van der Waals surface area contributed by atoms with Gasteiger partial charge in [-0.3, -0.25) is 0 Å². The van der Waals surface area contributed by atoms with Crippen molar-refractivity contribution in [3.8, 4) is 11.1 Å². The van der Waals surface area contributed by atoms with Gasteiger partial charge in [-0.05, 0) is 54.6 Å². The zero-order chi connectivity index (χ0) is 20.4. The molecule has 29 heavy (non-hydrogen) atoms. The van der Waals surface area contributed by atoms with Gasteiger partial charge in [0.15, 0.2) is 11.6 Å². The van der Waals surface area contributed by atoms with Crippen LogP contribution >= 0.6 is 0 Å². The Kier molecular flexibility index (Phi) is 5.33. The van der Waals surface area contributed by atoms with Gasteiger partial charge in [-0.15, -0.1) is 0 Å². The van der Waals surface area contributed by atoms with Crippen LogP contribution in [0.4, 0.5) is 8.78 Å². The minimum absolute atomic E-state index is 0.148. The predicted molar refractivity (Wildman–Crippen MR) is 112 cm³/mol. The van der Waals surface area contributed by atoms with Crippen LogP contribution in [-0.4, -0.2) is 21.2 Å². The van der Waals surface area contributed by atoms with E-state index in [0.29, 0.717) is 10.7 Å². The number of nitrogens with one attached hydrogen (secondary N) is 2. The first-order valence-corrected chi connectivity index (χ1v) is 10.0. The van der Waals surface area contributed by atoms with Crippen LogP contribution in [0.3, 0.4) is 0 Å². The van der Waals surface area contributed by atoms with E-state index in [9.17, 15) is 13.0 Å². The SMILES string of the molecule is CNS(=O)c1ccccc1-c1ccc2nc(/C=C/c3cccc(F)c3F)[nH]c2c1. The lowest BCUT2D eigenvalue weighted by atomic mass is 10.1. The summed E-state index contributed by atoms with van der Waals surface area (Å²) in [4.78, 5) is 8.31. The number of nitrogens with zero attached hydrogens (tertiary/aromatic N) is 1. The number of imidazole rings is 1. The van der Waals surface area contributed by atoms with Gasteiger partial charge in [0, 0.05) is 5.56 Å². The number of rotatable bonds is 5. The van der Waals surface area contributed by atoms with Crippen molar-refractivity contribution >= 4 is 34.2 Å². The van der Waals surface area contributed by atoms with Crippen LogP contribution in [-0.2, 0) is 11.0 Å². The molecule has 7 heteroatoms. The second-order valence-corrected chi connectivity index (χ2v) is 7.68. The van der Waals surface area contributed by atoms with E-state index in [-0.39, 0.29) is 5.56 Å². The molecule has 0 aliphatic rings. The van der Waals surface area contributed by atoms with Crippen LogP contribution in [0.1, 0.15) is 11.4 Å². The molecule has 1 unspecified atom stereocenters. The average molecular weight is 409 g/mol. The Balaban J connectivity index is 1.70. The summed E-state index contributed by atoms with van der Waals surface area (Å²) in [5.74, 6) is -1.26. The second kappa shape index (κ2) is 8.06. The monoisotopic (exact) mass is 409 g/mol. The molecule has 0 spiro atoms. The van der Waals surface area contributed by atoms with Crippen molar-refractivity contribution in [2.75, 3.05) is 7.05 Å². The number of H-pyrrole nitrogens is 1. The first-order chi connectivity index (χ1) is 14.1.